The van der Waals surface area contributed by atoms with E-state index in [-0.39, 0.29) is 5.91 Å². The molecule has 1 amide bonds. The molecule has 1 atom stereocenters. The van der Waals surface area contributed by atoms with E-state index in [1.165, 1.54) is 11.8 Å². The maximum Gasteiger partial charge on any atom is 0.276 e. The van der Waals surface area contributed by atoms with Gasteiger partial charge < -0.3 is 9.47 Å². The smallest absolute Gasteiger partial charge is 0.276 e. The second-order valence-corrected chi connectivity index (χ2v) is 7.74. The first-order chi connectivity index (χ1) is 13.5. The van der Waals surface area contributed by atoms with E-state index >= 15 is 0 Å². The molecule has 0 aromatic heterocycles. The van der Waals surface area contributed by atoms with Crippen molar-refractivity contribution in [3.05, 3.63) is 57.0 Å². The largest absolute Gasteiger partial charge is 0.497 e. The molecule has 0 unspecified atom stereocenters. The van der Waals surface area contributed by atoms with Crippen LogP contribution in [0.15, 0.2) is 51.0 Å². The number of methoxy groups -OCH3 is 2. The minimum absolute atomic E-state index is 0.222. The molecule has 0 radical (unpaired) electrons. The number of rotatable bonds is 3. The second kappa shape index (κ2) is 7.48. The zero-order chi connectivity index (χ0) is 19.8. The summed E-state index contributed by atoms with van der Waals surface area (Å²) in [6, 6.07) is 11.2. The summed E-state index contributed by atoms with van der Waals surface area (Å²) in [7, 11) is 3.20. The van der Waals surface area contributed by atoms with Crippen LogP contribution in [0.4, 0.5) is 0 Å². The average molecular weight is 461 g/mol. The maximum absolute atomic E-state index is 12.9. The fourth-order valence-electron chi connectivity index (χ4n) is 3.19. The van der Waals surface area contributed by atoms with Gasteiger partial charge in [0, 0.05) is 15.3 Å². The zero-order valence-corrected chi connectivity index (χ0v) is 17.8. The summed E-state index contributed by atoms with van der Waals surface area (Å²) in [6.07, 6.45) is 1.29. The third kappa shape index (κ3) is 3.14. The van der Waals surface area contributed by atoms with Crippen molar-refractivity contribution in [3.8, 4) is 11.5 Å². The number of nitrogens with one attached hydrogen (secondary N) is 1. The molecule has 0 fully saturated rings. The topological polar surface area (TPSA) is 75.5 Å². The van der Waals surface area contributed by atoms with Crippen molar-refractivity contribution in [1.29, 1.82) is 0 Å². The van der Waals surface area contributed by atoms with Gasteiger partial charge in [0.2, 0.25) is 0 Å². The molecule has 2 aliphatic rings. The van der Waals surface area contributed by atoms with Crippen molar-refractivity contribution >= 4 is 44.5 Å². The minimum Gasteiger partial charge on any atom is -0.497 e. The molecule has 7 nitrogen and oxygen atoms in total. The Bertz CT molecular complexity index is 1120. The van der Waals surface area contributed by atoms with Crippen LogP contribution >= 0.6 is 27.7 Å². The van der Waals surface area contributed by atoms with E-state index < -0.39 is 6.17 Å². The number of ether oxygens (including phenoxy) is 2. The Kier molecular flexibility index (Phi) is 5.03. The molecule has 28 heavy (non-hydrogen) atoms. The van der Waals surface area contributed by atoms with E-state index in [1.807, 2.05) is 42.7 Å². The summed E-state index contributed by atoms with van der Waals surface area (Å²) in [4.78, 5) is 17.8. The molecule has 2 aromatic rings. The van der Waals surface area contributed by atoms with Gasteiger partial charge >= 0.3 is 0 Å². The molecule has 0 spiro atoms. The summed E-state index contributed by atoms with van der Waals surface area (Å²) in [6.45, 7) is 0. The van der Waals surface area contributed by atoms with Crippen LogP contribution in [0.1, 0.15) is 11.7 Å². The second-order valence-electron chi connectivity index (χ2n) is 6.03. The molecule has 4 rings (SSSR count). The number of nitrogens with zero attached hydrogens (tertiary/aromatic N) is 3. The molecule has 0 aliphatic carbocycles. The summed E-state index contributed by atoms with van der Waals surface area (Å²) in [5.74, 6) is 1.09. The number of hydrogen-bond acceptors (Lipinski definition) is 7. The van der Waals surface area contributed by atoms with E-state index in [1.54, 1.807) is 19.2 Å². The van der Waals surface area contributed by atoms with Crippen molar-refractivity contribution < 1.29 is 14.3 Å². The van der Waals surface area contributed by atoms with Gasteiger partial charge in [-0.15, -0.1) is 5.10 Å². The monoisotopic (exact) mass is 460 g/mol. The molecule has 9 heteroatoms. The quantitative estimate of drug-likeness (QED) is 0.757. The highest BCUT2D eigenvalue weighted by atomic mass is 79.9. The highest BCUT2D eigenvalue weighted by Gasteiger charge is 2.35. The normalized spacial score (nSPS) is 17.8. The van der Waals surface area contributed by atoms with Gasteiger partial charge in [0.1, 0.15) is 17.2 Å². The first-order valence-corrected chi connectivity index (χ1v) is 10.4. The Balaban J connectivity index is 2.02. The highest BCUT2D eigenvalue weighted by Crippen LogP contribution is 2.37. The Labute approximate surface area is 174 Å². The first-order valence-electron chi connectivity index (χ1n) is 8.38. The lowest BCUT2D eigenvalue weighted by atomic mass is 10.1. The third-order valence-electron chi connectivity index (χ3n) is 4.48. The van der Waals surface area contributed by atoms with E-state index in [9.17, 15) is 4.79 Å². The van der Waals surface area contributed by atoms with Crippen molar-refractivity contribution in [1.82, 2.24) is 10.3 Å². The van der Waals surface area contributed by atoms with E-state index in [2.05, 4.69) is 26.3 Å². The number of thioether (sulfide) groups is 1. The number of benzene rings is 2. The lowest BCUT2D eigenvalue weighted by Gasteiger charge is -2.34. The van der Waals surface area contributed by atoms with E-state index in [0.29, 0.717) is 32.9 Å². The summed E-state index contributed by atoms with van der Waals surface area (Å²) in [5, 5.41) is 11.0. The van der Waals surface area contributed by atoms with Crippen LogP contribution in [-0.4, -0.2) is 36.6 Å². The van der Waals surface area contributed by atoms with Crippen LogP contribution in [-0.2, 0) is 4.79 Å². The molecule has 0 saturated heterocycles. The van der Waals surface area contributed by atoms with Crippen molar-refractivity contribution in [2.45, 2.75) is 6.17 Å². The van der Waals surface area contributed by atoms with Crippen LogP contribution in [0.5, 0.6) is 11.5 Å². The maximum atomic E-state index is 12.9. The van der Waals surface area contributed by atoms with E-state index in [0.717, 1.165) is 10.0 Å². The first kappa shape index (κ1) is 18.8. The van der Waals surface area contributed by atoms with Gasteiger partial charge in [0.15, 0.2) is 11.3 Å². The van der Waals surface area contributed by atoms with Crippen LogP contribution < -0.4 is 25.4 Å². The summed E-state index contributed by atoms with van der Waals surface area (Å²) in [5.41, 5.74) is 1.20. The fourth-order valence-corrected chi connectivity index (χ4v) is 3.91. The number of carbonyl (C=O) groups excluding carboxylic acids is 1. The molecule has 0 saturated carbocycles. The van der Waals surface area contributed by atoms with Gasteiger partial charge in [0.25, 0.3) is 5.91 Å². The van der Waals surface area contributed by atoms with Crippen LogP contribution in [0.3, 0.4) is 0 Å². The van der Waals surface area contributed by atoms with Gasteiger partial charge in [0.05, 0.1) is 19.6 Å². The number of amidine groups is 1. The van der Waals surface area contributed by atoms with Crippen LogP contribution in [0.2, 0.25) is 0 Å². The molecule has 2 heterocycles. The predicted octanol–water partition coefficient (Wildman–Crippen LogP) is 1.97. The Hall–Kier alpha value is -2.52. The predicted molar refractivity (Wildman–Crippen MR) is 112 cm³/mol. The SMILES string of the molecule is COc1ccc(OC)c([C@@H]2N=c3ccc(Br)cc3=C3C(=O)NC(SC)=NN32)c1. The van der Waals surface area contributed by atoms with Crippen LogP contribution in [0.25, 0.3) is 5.70 Å². The summed E-state index contributed by atoms with van der Waals surface area (Å²) >= 11 is 4.83. The van der Waals surface area contributed by atoms with Gasteiger partial charge in [-0.25, -0.2) is 5.01 Å². The molecular formula is C19H17BrN4O3S. The Morgan fingerprint density at radius 3 is 2.71 bits per heavy atom. The number of hydrazone groups is 1. The minimum atomic E-state index is -0.568. The number of halogens is 1. The molecule has 1 N–H and O–H groups in total. The number of fused-ring (bicyclic) bond motifs is 2. The van der Waals surface area contributed by atoms with Crippen molar-refractivity contribution in [3.63, 3.8) is 0 Å². The number of hydrogen-bond donors (Lipinski definition) is 1. The van der Waals surface area contributed by atoms with Gasteiger partial charge in [-0.05, 0) is 42.7 Å². The molecule has 0 bridgehead atoms. The zero-order valence-electron chi connectivity index (χ0n) is 15.4. The van der Waals surface area contributed by atoms with Crippen LogP contribution in [0, 0.1) is 0 Å². The average Bonchev–Trinajstić information content (AvgIpc) is 2.72. The molecule has 2 aliphatic heterocycles. The Morgan fingerprint density at radius 2 is 2.00 bits per heavy atom. The fraction of sp³-hybridized carbons (Fsp3) is 0.211. The third-order valence-corrected chi connectivity index (χ3v) is 5.54. The lowest BCUT2D eigenvalue weighted by Crippen LogP contribution is -2.50. The molecule has 144 valence electrons. The lowest BCUT2D eigenvalue weighted by molar-refractivity contribution is -0.116. The standard InChI is InChI=1S/C19H17BrN4O3S/c1-26-11-5-7-15(27-2)13(9-11)17-21-14-6-4-10(20)8-12(14)16-18(25)22-19(28-3)23-24(16)17/h4-9,17H,1-3H3,(H,22,23,25)/t17-/m1/s1. The van der Waals surface area contributed by atoms with Gasteiger partial charge in [-0.3, -0.25) is 15.1 Å². The molecule has 2 aromatic carbocycles. The number of carbonyl (C=O) groups is 1. The van der Waals surface area contributed by atoms with Crippen molar-refractivity contribution in [2.75, 3.05) is 20.5 Å². The van der Waals surface area contributed by atoms with E-state index in [4.69, 9.17) is 14.5 Å². The highest BCUT2D eigenvalue weighted by molar-refractivity contribution is 9.10. The van der Waals surface area contributed by atoms with Gasteiger partial charge in [-0.1, -0.05) is 27.7 Å². The Morgan fingerprint density at radius 1 is 1.18 bits per heavy atom. The van der Waals surface area contributed by atoms with Crippen molar-refractivity contribution in [2.24, 2.45) is 10.1 Å². The number of amides is 1. The summed E-state index contributed by atoms with van der Waals surface area (Å²) < 4.78 is 11.8. The molecular weight excluding hydrogens is 444 g/mol. The van der Waals surface area contributed by atoms with Gasteiger partial charge in [-0.2, -0.15) is 0 Å².